The lowest BCUT2D eigenvalue weighted by Gasteiger charge is -2.28. The van der Waals surface area contributed by atoms with Crippen LogP contribution < -0.4 is 21.7 Å². The SMILES string of the molecule is C[C@@H](NC(=O)CNC(=O)CN(CCNCC(=O)O)CCN(CCN(CN)CC(=O)O)CC(=O)O)C(=O)N1CCC[C@H]1B(O)O. The van der Waals surface area contributed by atoms with Gasteiger partial charge in [-0.1, -0.05) is 0 Å². The van der Waals surface area contributed by atoms with Crippen molar-refractivity contribution >= 4 is 42.7 Å². The van der Waals surface area contributed by atoms with Crippen molar-refractivity contribution < 1.29 is 54.1 Å². The van der Waals surface area contributed by atoms with Gasteiger partial charge in [0.1, 0.15) is 6.04 Å². The number of nitrogens with zero attached hydrogens (tertiary/aromatic N) is 4. The van der Waals surface area contributed by atoms with E-state index in [1.54, 1.807) is 9.80 Å². The normalized spacial score (nSPS) is 15.4. The highest BCUT2D eigenvalue weighted by Crippen LogP contribution is 2.19. The van der Waals surface area contributed by atoms with Gasteiger partial charge in [0.2, 0.25) is 17.7 Å². The summed E-state index contributed by atoms with van der Waals surface area (Å²) in [5.74, 6) is -5.70. The molecule has 1 rings (SSSR count). The number of rotatable bonds is 23. The van der Waals surface area contributed by atoms with Crippen LogP contribution >= 0.6 is 0 Å². The Morgan fingerprint density at radius 3 is 1.95 bits per heavy atom. The minimum absolute atomic E-state index is 0.0418. The van der Waals surface area contributed by atoms with E-state index < -0.39 is 61.3 Å². The molecule has 2 atom stereocenters. The molecule has 0 aromatic heterocycles. The zero-order valence-electron chi connectivity index (χ0n) is 24.9. The van der Waals surface area contributed by atoms with Gasteiger partial charge in [0.15, 0.2) is 0 Å². The Balaban J connectivity index is 2.70. The van der Waals surface area contributed by atoms with Gasteiger partial charge in [-0.15, -0.1) is 0 Å². The van der Waals surface area contributed by atoms with Gasteiger partial charge in [0.25, 0.3) is 0 Å². The highest BCUT2D eigenvalue weighted by Gasteiger charge is 2.38. The number of carboxylic acids is 3. The topological polar surface area (TPSA) is 279 Å². The number of carboxylic acid groups (broad SMARTS) is 3. The fourth-order valence-electron chi connectivity index (χ4n) is 4.57. The molecule has 1 aliphatic heterocycles. The van der Waals surface area contributed by atoms with Crippen LogP contribution in [0.3, 0.4) is 0 Å². The first kappa shape index (κ1) is 38.6. The largest absolute Gasteiger partial charge is 0.480 e. The Bertz CT molecular complexity index is 976. The molecule has 250 valence electrons. The zero-order valence-corrected chi connectivity index (χ0v) is 24.9. The van der Waals surface area contributed by atoms with Gasteiger partial charge in [-0.05, 0) is 19.8 Å². The summed E-state index contributed by atoms with van der Waals surface area (Å²) < 4.78 is 0. The van der Waals surface area contributed by atoms with E-state index in [9.17, 15) is 43.9 Å². The second-order valence-corrected chi connectivity index (χ2v) is 10.4. The molecule has 1 fully saturated rings. The highest BCUT2D eigenvalue weighted by molar-refractivity contribution is 6.43. The Hall–Kier alpha value is -3.40. The molecule has 0 aliphatic carbocycles. The fraction of sp³-hybridized carbons (Fsp3) is 0.750. The van der Waals surface area contributed by atoms with Crippen LogP contribution in [0.5, 0.6) is 0 Å². The molecule has 0 aromatic carbocycles. The third-order valence-electron chi connectivity index (χ3n) is 6.81. The number of hydrogen-bond acceptors (Lipinski definition) is 13. The zero-order chi connectivity index (χ0) is 33.2. The van der Waals surface area contributed by atoms with E-state index in [0.29, 0.717) is 19.4 Å². The van der Waals surface area contributed by atoms with Gasteiger partial charge in [-0.25, -0.2) is 0 Å². The molecule has 19 nitrogen and oxygen atoms in total. The summed E-state index contributed by atoms with van der Waals surface area (Å²) in [6.07, 6.45) is 1.02. The number of hydrogen-bond donors (Lipinski definition) is 9. The molecule has 44 heavy (non-hydrogen) atoms. The van der Waals surface area contributed by atoms with Gasteiger partial charge < -0.3 is 52.0 Å². The van der Waals surface area contributed by atoms with Crippen molar-refractivity contribution in [3.05, 3.63) is 0 Å². The van der Waals surface area contributed by atoms with E-state index in [1.807, 2.05) is 0 Å². The highest BCUT2D eigenvalue weighted by atomic mass is 16.4. The van der Waals surface area contributed by atoms with Crippen molar-refractivity contribution in [2.45, 2.75) is 31.7 Å². The number of nitrogens with one attached hydrogen (secondary N) is 3. The number of nitrogens with two attached hydrogens (primary N) is 1. The van der Waals surface area contributed by atoms with E-state index in [-0.39, 0.29) is 72.1 Å². The van der Waals surface area contributed by atoms with Gasteiger partial charge in [0, 0.05) is 52.5 Å². The van der Waals surface area contributed by atoms with Gasteiger partial charge in [-0.3, -0.25) is 43.5 Å². The third-order valence-corrected chi connectivity index (χ3v) is 6.81. The van der Waals surface area contributed by atoms with Crippen molar-refractivity contribution in [3.63, 3.8) is 0 Å². The monoisotopic (exact) mass is 632 g/mol. The average molecular weight is 632 g/mol. The Morgan fingerprint density at radius 1 is 0.841 bits per heavy atom. The molecule has 0 unspecified atom stereocenters. The molecule has 1 aliphatic rings. The standard InChI is InChI=1S/C24H45BN8O11/c1-17(24(42)33-5-2-3-18(33)25(43)44)29-19(34)11-28-20(35)13-30(6-4-27-12-21(36)37)7-8-31(14-22(38)39)9-10-32(16-26)15-23(40)41/h17-18,27,43-44H,2-16,26H2,1H3,(H,28,35)(H,29,34)(H,36,37)(H,38,39)(H,40,41)/t17-,18+/m1/s1. The summed E-state index contributed by atoms with van der Waals surface area (Å²) in [6, 6.07) is -0.971. The van der Waals surface area contributed by atoms with Crippen molar-refractivity contribution in [3.8, 4) is 0 Å². The van der Waals surface area contributed by atoms with E-state index in [2.05, 4.69) is 16.0 Å². The minimum Gasteiger partial charge on any atom is -0.480 e. The maximum Gasteiger partial charge on any atom is 0.475 e. The molecular formula is C24H45BN8O11. The van der Waals surface area contributed by atoms with Crippen LogP contribution in [0.25, 0.3) is 0 Å². The predicted octanol–water partition coefficient (Wildman–Crippen LogP) is -5.72. The van der Waals surface area contributed by atoms with Crippen molar-refractivity contribution in [2.75, 3.05) is 85.2 Å². The summed E-state index contributed by atoms with van der Waals surface area (Å²) >= 11 is 0. The molecule has 0 saturated carbocycles. The first-order valence-corrected chi connectivity index (χ1v) is 14.2. The van der Waals surface area contributed by atoms with Gasteiger partial charge in [-0.2, -0.15) is 0 Å². The lowest BCUT2D eigenvalue weighted by molar-refractivity contribution is -0.140. The summed E-state index contributed by atoms with van der Waals surface area (Å²) in [6.45, 7) is 1.22. The molecule has 3 amide bonds. The van der Waals surface area contributed by atoms with Crippen LogP contribution in [0.2, 0.25) is 0 Å². The second-order valence-electron chi connectivity index (χ2n) is 10.4. The lowest BCUT2D eigenvalue weighted by Crippen LogP contribution is -2.54. The summed E-state index contributed by atoms with van der Waals surface area (Å²) in [5, 5.41) is 53.7. The average Bonchev–Trinajstić information content (AvgIpc) is 3.44. The number of aliphatic carboxylic acids is 3. The minimum atomic E-state index is -1.69. The molecule has 1 heterocycles. The van der Waals surface area contributed by atoms with Crippen LogP contribution in [0.15, 0.2) is 0 Å². The second kappa shape index (κ2) is 20.5. The lowest BCUT2D eigenvalue weighted by atomic mass is 9.78. The van der Waals surface area contributed by atoms with Crippen LogP contribution in [0, 0.1) is 0 Å². The van der Waals surface area contributed by atoms with Crippen molar-refractivity contribution in [1.82, 2.24) is 35.6 Å². The number of carbonyl (C=O) groups excluding carboxylic acids is 3. The van der Waals surface area contributed by atoms with Crippen LogP contribution in [0.1, 0.15) is 19.8 Å². The molecule has 0 bridgehead atoms. The van der Waals surface area contributed by atoms with Crippen molar-refractivity contribution in [2.24, 2.45) is 5.73 Å². The Labute approximate surface area is 255 Å². The number of amides is 3. The van der Waals surface area contributed by atoms with Crippen LogP contribution in [-0.2, 0) is 28.8 Å². The van der Waals surface area contributed by atoms with Crippen molar-refractivity contribution in [1.29, 1.82) is 0 Å². The first-order valence-electron chi connectivity index (χ1n) is 14.2. The van der Waals surface area contributed by atoms with Crippen LogP contribution in [-0.4, -0.2) is 185 Å². The first-order chi connectivity index (χ1) is 20.7. The Kier molecular flexibility index (Phi) is 18.0. The van der Waals surface area contributed by atoms with Gasteiger partial charge >= 0.3 is 25.0 Å². The van der Waals surface area contributed by atoms with E-state index >= 15 is 0 Å². The molecule has 0 radical (unpaired) electrons. The molecule has 0 aromatic rings. The molecule has 1 saturated heterocycles. The van der Waals surface area contributed by atoms with E-state index in [1.165, 1.54) is 16.7 Å². The molecule has 0 spiro atoms. The Morgan fingerprint density at radius 2 is 1.41 bits per heavy atom. The number of carbonyl (C=O) groups is 6. The van der Waals surface area contributed by atoms with Crippen LogP contribution in [0.4, 0.5) is 0 Å². The quantitative estimate of drug-likeness (QED) is 0.0288. The molecule has 20 heteroatoms. The smallest absolute Gasteiger partial charge is 0.475 e. The van der Waals surface area contributed by atoms with E-state index in [0.717, 1.165) is 0 Å². The maximum absolute atomic E-state index is 12.7. The molecular weight excluding hydrogens is 587 g/mol. The fourth-order valence-corrected chi connectivity index (χ4v) is 4.57. The number of likely N-dealkylation sites (tertiary alicyclic amines) is 1. The van der Waals surface area contributed by atoms with E-state index in [4.69, 9.17) is 15.9 Å². The summed E-state index contributed by atoms with van der Waals surface area (Å²) in [4.78, 5) is 76.8. The summed E-state index contributed by atoms with van der Waals surface area (Å²) in [5.41, 5.74) is 5.57. The third kappa shape index (κ3) is 15.9. The maximum atomic E-state index is 12.7. The van der Waals surface area contributed by atoms with Gasteiger partial charge in [0.05, 0.1) is 38.7 Å². The predicted molar refractivity (Wildman–Crippen MR) is 155 cm³/mol. The summed E-state index contributed by atoms with van der Waals surface area (Å²) in [7, 11) is -1.69. The molecule has 10 N–H and O–H groups in total.